The Balaban J connectivity index is 2.53. The van der Waals surface area contributed by atoms with Crippen molar-refractivity contribution in [2.75, 3.05) is 0 Å². The van der Waals surface area contributed by atoms with Gasteiger partial charge in [-0.25, -0.2) is 9.78 Å². The van der Waals surface area contributed by atoms with Crippen LogP contribution >= 0.6 is 11.3 Å². The second kappa shape index (κ2) is 3.75. The summed E-state index contributed by atoms with van der Waals surface area (Å²) >= 11 is 1.22. The normalized spacial score (nSPS) is 10.7. The lowest BCUT2D eigenvalue weighted by Gasteiger charge is -1.91. The van der Waals surface area contributed by atoms with Crippen LogP contribution in [0.25, 0.3) is 10.6 Å². The number of aryl methyl sites for hydroxylation is 3. The van der Waals surface area contributed by atoms with E-state index in [-0.39, 0.29) is 0 Å². The maximum atomic E-state index is 10.9. The molecule has 4 nitrogen and oxygen atoms in total. The van der Waals surface area contributed by atoms with Crippen LogP contribution in [0.15, 0.2) is 6.07 Å². The first-order chi connectivity index (χ1) is 7.49. The van der Waals surface area contributed by atoms with Crippen LogP contribution in [0, 0.1) is 20.8 Å². The Bertz CT molecular complexity index is 554. The van der Waals surface area contributed by atoms with Gasteiger partial charge in [-0.1, -0.05) is 0 Å². The summed E-state index contributed by atoms with van der Waals surface area (Å²) < 4.78 is 0. The summed E-state index contributed by atoms with van der Waals surface area (Å²) in [6.45, 7) is 5.65. The van der Waals surface area contributed by atoms with Crippen LogP contribution in [-0.4, -0.2) is 21.0 Å². The third kappa shape index (κ3) is 1.74. The van der Waals surface area contributed by atoms with E-state index < -0.39 is 5.97 Å². The topological polar surface area (TPSA) is 66.0 Å². The summed E-state index contributed by atoms with van der Waals surface area (Å²) in [5.74, 6) is -0.911. The fourth-order valence-electron chi connectivity index (χ4n) is 1.66. The number of aromatic amines is 1. The van der Waals surface area contributed by atoms with Crippen molar-refractivity contribution in [1.29, 1.82) is 0 Å². The highest BCUT2D eigenvalue weighted by atomic mass is 32.1. The van der Waals surface area contributed by atoms with Gasteiger partial charge < -0.3 is 10.1 Å². The molecule has 2 rings (SSSR count). The van der Waals surface area contributed by atoms with Gasteiger partial charge in [-0.05, 0) is 26.8 Å². The zero-order valence-electron chi connectivity index (χ0n) is 9.29. The van der Waals surface area contributed by atoms with Crippen LogP contribution < -0.4 is 0 Å². The molecule has 0 aromatic carbocycles. The molecule has 2 heterocycles. The van der Waals surface area contributed by atoms with Crippen molar-refractivity contribution in [2.45, 2.75) is 20.8 Å². The first kappa shape index (κ1) is 10.9. The van der Waals surface area contributed by atoms with Crippen LogP contribution in [0.3, 0.4) is 0 Å². The lowest BCUT2D eigenvalue weighted by molar-refractivity contribution is 0.0701. The zero-order chi connectivity index (χ0) is 11.9. The average Bonchev–Trinajstić information content (AvgIpc) is 2.69. The second-order valence-corrected chi connectivity index (χ2v) is 4.73. The Labute approximate surface area is 97.0 Å². The molecule has 0 radical (unpaired) electrons. The summed E-state index contributed by atoms with van der Waals surface area (Å²) in [5.41, 5.74) is 3.63. The number of aromatic nitrogens is 2. The smallest absolute Gasteiger partial charge is 0.347 e. The Kier molecular flexibility index (Phi) is 2.55. The van der Waals surface area contributed by atoms with Crippen molar-refractivity contribution in [2.24, 2.45) is 0 Å². The van der Waals surface area contributed by atoms with E-state index in [1.54, 1.807) is 6.92 Å². The average molecular weight is 236 g/mol. The van der Waals surface area contributed by atoms with E-state index in [0.717, 1.165) is 22.0 Å². The molecule has 5 heteroatoms. The highest BCUT2D eigenvalue weighted by molar-refractivity contribution is 7.17. The van der Waals surface area contributed by atoms with E-state index in [1.807, 2.05) is 19.9 Å². The van der Waals surface area contributed by atoms with Gasteiger partial charge in [0, 0.05) is 17.0 Å². The van der Waals surface area contributed by atoms with Gasteiger partial charge in [0.05, 0.1) is 5.69 Å². The molecule has 0 bridgehead atoms. The molecular formula is C11H12N2O2S. The highest BCUT2D eigenvalue weighted by Gasteiger charge is 2.16. The van der Waals surface area contributed by atoms with E-state index in [4.69, 9.17) is 5.11 Å². The van der Waals surface area contributed by atoms with Crippen molar-refractivity contribution in [1.82, 2.24) is 9.97 Å². The van der Waals surface area contributed by atoms with Crippen LogP contribution in [0.4, 0.5) is 0 Å². The van der Waals surface area contributed by atoms with Crippen LogP contribution in [0.5, 0.6) is 0 Å². The molecule has 0 unspecified atom stereocenters. The number of aromatic carboxylic acids is 1. The monoisotopic (exact) mass is 236 g/mol. The largest absolute Gasteiger partial charge is 0.477 e. The van der Waals surface area contributed by atoms with Crippen LogP contribution in [0.2, 0.25) is 0 Å². The van der Waals surface area contributed by atoms with Crippen molar-refractivity contribution in [3.05, 3.63) is 28.0 Å². The minimum absolute atomic E-state index is 0.313. The van der Waals surface area contributed by atoms with E-state index in [1.165, 1.54) is 11.3 Å². The first-order valence-electron chi connectivity index (χ1n) is 4.86. The minimum Gasteiger partial charge on any atom is -0.477 e. The lowest BCUT2D eigenvalue weighted by Crippen LogP contribution is -1.94. The summed E-state index contributed by atoms with van der Waals surface area (Å²) in [7, 11) is 0. The van der Waals surface area contributed by atoms with E-state index in [9.17, 15) is 4.79 Å². The Morgan fingerprint density at radius 2 is 2.12 bits per heavy atom. The van der Waals surface area contributed by atoms with E-state index in [0.29, 0.717) is 10.6 Å². The third-order valence-electron chi connectivity index (χ3n) is 2.37. The van der Waals surface area contributed by atoms with Crippen LogP contribution in [0.1, 0.15) is 26.8 Å². The molecule has 0 spiro atoms. The maximum absolute atomic E-state index is 10.9. The number of carbonyl (C=O) groups is 1. The lowest BCUT2D eigenvalue weighted by atomic mass is 10.2. The molecule has 16 heavy (non-hydrogen) atoms. The van der Waals surface area contributed by atoms with Gasteiger partial charge in [0.1, 0.15) is 9.88 Å². The summed E-state index contributed by atoms with van der Waals surface area (Å²) in [5, 5.41) is 9.72. The molecular weight excluding hydrogens is 224 g/mol. The predicted octanol–water partition coefficient (Wildman–Crippen LogP) is 2.76. The molecule has 2 N–H and O–H groups in total. The number of rotatable bonds is 2. The molecule has 0 aliphatic carbocycles. The molecule has 0 fully saturated rings. The number of carboxylic acids is 1. The van der Waals surface area contributed by atoms with E-state index >= 15 is 0 Å². The number of H-pyrrole nitrogens is 1. The molecule has 0 saturated carbocycles. The number of hydrogen-bond donors (Lipinski definition) is 2. The van der Waals surface area contributed by atoms with Gasteiger partial charge in [-0.15, -0.1) is 11.3 Å². The zero-order valence-corrected chi connectivity index (χ0v) is 10.1. The SMILES string of the molecule is Cc1cc(-c2nc(C)c(C(=O)O)s2)c(C)[nH]1. The Morgan fingerprint density at radius 3 is 2.56 bits per heavy atom. The maximum Gasteiger partial charge on any atom is 0.347 e. The fourth-order valence-corrected chi connectivity index (χ4v) is 2.63. The van der Waals surface area contributed by atoms with Gasteiger partial charge >= 0.3 is 5.97 Å². The van der Waals surface area contributed by atoms with Gasteiger partial charge in [0.15, 0.2) is 0 Å². The van der Waals surface area contributed by atoms with Gasteiger partial charge in [0.2, 0.25) is 0 Å². The molecule has 0 aliphatic heterocycles. The number of hydrogen-bond acceptors (Lipinski definition) is 3. The fraction of sp³-hybridized carbons (Fsp3) is 0.273. The van der Waals surface area contributed by atoms with Crippen LogP contribution in [-0.2, 0) is 0 Å². The summed E-state index contributed by atoms with van der Waals surface area (Å²) in [6, 6.07) is 1.99. The third-order valence-corrected chi connectivity index (χ3v) is 3.55. The van der Waals surface area contributed by atoms with Gasteiger partial charge in [-0.2, -0.15) is 0 Å². The Hall–Kier alpha value is -1.62. The number of carboxylic acid groups (broad SMARTS) is 1. The predicted molar refractivity (Wildman–Crippen MR) is 63.1 cm³/mol. The first-order valence-corrected chi connectivity index (χ1v) is 5.68. The highest BCUT2D eigenvalue weighted by Crippen LogP contribution is 2.30. The van der Waals surface area contributed by atoms with Crippen molar-refractivity contribution in [3.8, 4) is 10.6 Å². The second-order valence-electron chi connectivity index (χ2n) is 3.73. The molecule has 2 aromatic rings. The molecule has 0 saturated heterocycles. The number of nitrogens with one attached hydrogen (secondary N) is 1. The van der Waals surface area contributed by atoms with Crippen molar-refractivity contribution < 1.29 is 9.90 Å². The minimum atomic E-state index is -0.911. The standard InChI is InChI=1S/C11H12N2O2S/c1-5-4-8(6(2)12-5)10-13-7(3)9(16-10)11(14)15/h4,12H,1-3H3,(H,14,15). The molecule has 84 valence electrons. The Morgan fingerprint density at radius 1 is 1.44 bits per heavy atom. The van der Waals surface area contributed by atoms with Crippen molar-refractivity contribution >= 4 is 17.3 Å². The summed E-state index contributed by atoms with van der Waals surface area (Å²) in [4.78, 5) is 18.7. The van der Waals surface area contributed by atoms with Gasteiger partial charge in [0.25, 0.3) is 0 Å². The summed E-state index contributed by atoms with van der Waals surface area (Å²) in [6.07, 6.45) is 0. The quantitative estimate of drug-likeness (QED) is 0.842. The molecule has 0 atom stereocenters. The molecule has 2 aromatic heterocycles. The molecule has 0 aliphatic rings. The molecule has 0 amide bonds. The van der Waals surface area contributed by atoms with Crippen molar-refractivity contribution in [3.63, 3.8) is 0 Å². The van der Waals surface area contributed by atoms with E-state index in [2.05, 4.69) is 9.97 Å². The van der Waals surface area contributed by atoms with Gasteiger partial charge in [-0.3, -0.25) is 0 Å². The number of thiazole rings is 1. The number of nitrogens with zero attached hydrogens (tertiary/aromatic N) is 1.